The van der Waals surface area contributed by atoms with Gasteiger partial charge in [0.05, 0.1) is 16.7 Å². The first-order chi connectivity index (χ1) is 13.6. The summed E-state index contributed by atoms with van der Waals surface area (Å²) in [5, 5.41) is 9.41. The summed E-state index contributed by atoms with van der Waals surface area (Å²) in [5.74, 6) is -2.93. The van der Waals surface area contributed by atoms with Gasteiger partial charge in [0.15, 0.2) is 0 Å². The Labute approximate surface area is 162 Å². The Bertz CT molecular complexity index is 1180. The number of carboxylic acids is 1. The number of halogens is 3. The van der Waals surface area contributed by atoms with Crippen LogP contribution in [-0.4, -0.2) is 22.2 Å². The molecule has 1 fully saturated rings. The van der Waals surface area contributed by atoms with Gasteiger partial charge in [-0.15, -0.1) is 0 Å². The molecule has 1 aromatic carbocycles. The van der Waals surface area contributed by atoms with E-state index in [4.69, 9.17) is 10.2 Å². The minimum atomic E-state index is -4.18. The highest BCUT2D eigenvalue weighted by Gasteiger charge is 2.41. The van der Waals surface area contributed by atoms with Crippen LogP contribution in [0.4, 0.5) is 19.0 Å². The maximum atomic E-state index is 12.9. The molecule has 1 saturated carbocycles. The number of nitrogen functional groups attached to an aromatic ring is 1. The van der Waals surface area contributed by atoms with E-state index in [2.05, 4.69) is 4.98 Å². The van der Waals surface area contributed by atoms with E-state index in [1.54, 1.807) is 18.2 Å². The molecule has 3 N–H and O–H groups in total. The zero-order valence-corrected chi connectivity index (χ0v) is 15.1. The number of hydrogen-bond donors (Lipinski definition) is 2. The maximum absolute atomic E-state index is 12.9. The molecule has 29 heavy (non-hydrogen) atoms. The summed E-state index contributed by atoms with van der Waals surface area (Å²) in [6.45, 7) is 0. The normalized spacial score (nSPS) is 20.2. The highest BCUT2D eigenvalue weighted by molar-refractivity contribution is 5.98. The molecule has 3 aromatic rings. The molecule has 152 valence electrons. The number of hydrogen-bond acceptors (Lipinski definition) is 5. The van der Waals surface area contributed by atoms with Gasteiger partial charge < -0.3 is 15.3 Å². The molecule has 2 aromatic heterocycles. The number of nitrogens with two attached hydrogens (primary N) is 1. The quantitative estimate of drug-likeness (QED) is 0.609. The average Bonchev–Trinajstić information content (AvgIpc) is 2.67. The van der Waals surface area contributed by atoms with E-state index < -0.39 is 23.5 Å². The second-order valence-corrected chi connectivity index (χ2v) is 7.36. The van der Waals surface area contributed by atoms with Gasteiger partial charge >= 0.3 is 12.1 Å². The lowest BCUT2D eigenvalue weighted by molar-refractivity contribution is -0.182. The fraction of sp³-hybridized carbons (Fsp3) is 0.350. The van der Waals surface area contributed by atoms with Crippen LogP contribution < -0.4 is 11.2 Å². The Hall–Kier alpha value is -3.10. The number of carboxylic acid groups (broad SMARTS) is 1. The molecule has 0 bridgehead atoms. The van der Waals surface area contributed by atoms with Gasteiger partial charge in [-0.25, -0.2) is 4.79 Å². The van der Waals surface area contributed by atoms with Crippen LogP contribution in [0.25, 0.3) is 22.1 Å². The predicted octanol–water partition coefficient (Wildman–Crippen LogP) is 4.46. The van der Waals surface area contributed by atoms with Gasteiger partial charge in [-0.3, -0.25) is 4.79 Å². The zero-order chi connectivity index (χ0) is 20.9. The molecule has 1 aliphatic carbocycles. The Kier molecular flexibility index (Phi) is 4.48. The van der Waals surface area contributed by atoms with Crippen LogP contribution in [0.1, 0.15) is 47.5 Å². The van der Waals surface area contributed by atoms with E-state index in [0.717, 1.165) is 11.6 Å². The van der Waals surface area contributed by atoms with E-state index in [1.165, 1.54) is 0 Å². The van der Waals surface area contributed by atoms with Crippen LogP contribution in [0.15, 0.2) is 33.5 Å². The first kappa shape index (κ1) is 19.2. The van der Waals surface area contributed by atoms with Crippen molar-refractivity contribution in [2.24, 2.45) is 5.92 Å². The van der Waals surface area contributed by atoms with Gasteiger partial charge in [-0.05, 0) is 55.4 Å². The van der Waals surface area contributed by atoms with Crippen molar-refractivity contribution >= 4 is 33.9 Å². The molecular weight excluding hydrogens is 389 g/mol. The third-order valence-corrected chi connectivity index (χ3v) is 5.61. The molecule has 0 spiro atoms. The summed E-state index contributed by atoms with van der Waals surface area (Å²) in [6.07, 6.45) is -3.29. The largest absolute Gasteiger partial charge is 0.478 e. The van der Waals surface area contributed by atoms with E-state index in [0.29, 0.717) is 12.8 Å². The van der Waals surface area contributed by atoms with E-state index >= 15 is 0 Å². The molecule has 0 radical (unpaired) electrons. The van der Waals surface area contributed by atoms with Gasteiger partial charge in [0.1, 0.15) is 17.0 Å². The topological polar surface area (TPSA) is 106 Å². The van der Waals surface area contributed by atoms with Crippen LogP contribution in [0, 0.1) is 5.92 Å². The van der Waals surface area contributed by atoms with Crippen LogP contribution >= 0.6 is 0 Å². The van der Waals surface area contributed by atoms with Crippen LogP contribution in [0.2, 0.25) is 0 Å². The second kappa shape index (κ2) is 6.75. The number of carbonyl (C=O) groups is 1. The molecule has 0 unspecified atom stereocenters. The molecule has 6 nitrogen and oxygen atoms in total. The van der Waals surface area contributed by atoms with Crippen LogP contribution in [0.5, 0.6) is 0 Å². The van der Waals surface area contributed by atoms with Crippen molar-refractivity contribution in [3.8, 4) is 0 Å². The summed E-state index contributed by atoms with van der Waals surface area (Å²) in [6, 6.07) is 6.08. The van der Waals surface area contributed by atoms with Gasteiger partial charge in [-0.1, -0.05) is 6.07 Å². The molecule has 1 aliphatic rings. The molecule has 2 heterocycles. The van der Waals surface area contributed by atoms with Crippen LogP contribution in [-0.2, 0) is 0 Å². The molecule has 0 amide bonds. The Morgan fingerprint density at radius 2 is 1.83 bits per heavy atom. The zero-order valence-electron chi connectivity index (χ0n) is 15.1. The molecule has 4 rings (SSSR count). The third kappa shape index (κ3) is 3.41. The maximum Gasteiger partial charge on any atom is 0.391 e. The number of aromatic nitrogens is 1. The van der Waals surface area contributed by atoms with Crippen molar-refractivity contribution in [2.75, 3.05) is 5.73 Å². The fourth-order valence-electron chi connectivity index (χ4n) is 3.99. The minimum absolute atomic E-state index is 0.0120. The van der Waals surface area contributed by atoms with E-state index in [1.807, 2.05) is 0 Å². The van der Waals surface area contributed by atoms with Crippen molar-refractivity contribution < 1.29 is 27.5 Å². The fourth-order valence-corrected chi connectivity index (χ4v) is 3.99. The average molecular weight is 406 g/mol. The van der Waals surface area contributed by atoms with E-state index in [9.17, 15) is 27.9 Å². The van der Waals surface area contributed by atoms with Gasteiger partial charge in [0, 0.05) is 0 Å². The lowest BCUT2D eigenvalue weighted by atomic mass is 9.78. The number of alkyl halides is 3. The first-order valence-electron chi connectivity index (χ1n) is 9.12. The number of nitrogens with zero attached hydrogens (tertiary/aromatic N) is 1. The Morgan fingerprint density at radius 3 is 2.45 bits per heavy atom. The second-order valence-electron chi connectivity index (χ2n) is 7.36. The molecule has 0 aliphatic heterocycles. The summed E-state index contributed by atoms with van der Waals surface area (Å²) in [5.41, 5.74) is 5.81. The van der Waals surface area contributed by atoms with Crippen LogP contribution in [0.3, 0.4) is 0 Å². The van der Waals surface area contributed by atoms with E-state index in [-0.39, 0.29) is 52.2 Å². The summed E-state index contributed by atoms with van der Waals surface area (Å²) in [4.78, 5) is 28.1. The monoisotopic (exact) mass is 406 g/mol. The number of aromatic carboxylic acids is 1. The van der Waals surface area contributed by atoms with Crippen molar-refractivity contribution in [2.45, 2.75) is 37.8 Å². The molecule has 0 atom stereocenters. The van der Waals surface area contributed by atoms with Crippen molar-refractivity contribution in [3.63, 3.8) is 0 Å². The SMILES string of the molecule is Nc1nc2oc3ccc(C4CCC(C(F)(F)F)CC4)cc3c(=O)c2cc1C(=O)O. The molecular formula is C20H17F3N2O4. The summed E-state index contributed by atoms with van der Waals surface area (Å²) in [7, 11) is 0. The van der Waals surface area contributed by atoms with Crippen molar-refractivity contribution in [1.29, 1.82) is 0 Å². The molecule has 0 saturated heterocycles. The smallest absolute Gasteiger partial charge is 0.391 e. The number of pyridine rings is 1. The number of benzene rings is 1. The summed E-state index contributed by atoms with van der Waals surface area (Å²) >= 11 is 0. The van der Waals surface area contributed by atoms with Crippen molar-refractivity contribution in [1.82, 2.24) is 4.98 Å². The number of anilines is 1. The highest BCUT2D eigenvalue weighted by Crippen LogP contribution is 2.43. The molecule has 9 heteroatoms. The first-order valence-corrected chi connectivity index (χ1v) is 9.12. The Balaban J connectivity index is 1.75. The lowest BCUT2D eigenvalue weighted by Gasteiger charge is -2.30. The van der Waals surface area contributed by atoms with Crippen molar-refractivity contribution in [3.05, 3.63) is 45.6 Å². The summed E-state index contributed by atoms with van der Waals surface area (Å²) < 4.78 is 44.3. The lowest BCUT2D eigenvalue weighted by Crippen LogP contribution is -2.27. The third-order valence-electron chi connectivity index (χ3n) is 5.61. The highest BCUT2D eigenvalue weighted by atomic mass is 19.4. The standard InChI is InChI=1S/C20H17F3N2O4/c21-20(22,23)11-4-1-9(2-5-11)10-3-6-15-12(7-10)16(26)13-8-14(19(27)28)17(24)25-18(13)29-15/h3,6-9,11H,1-2,4-5H2,(H2,24,25)(H,27,28). The van der Waals surface area contributed by atoms with Gasteiger partial charge in [-0.2, -0.15) is 18.2 Å². The number of rotatable bonds is 2. The number of fused-ring (bicyclic) bond motifs is 2. The Morgan fingerprint density at radius 1 is 1.14 bits per heavy atom. The van der Waals surface area contributed by atoms with Gasteiger partial charge in [0.25, 0.3) is 0 Å². The minimum Gasteiger partial charge on any atom is -0.478 e. The predicted molar refractivity (Wildman–Crippen MR) is 99.9 cm³/mol. The van der Waals surface area contributed by atoms with Gasteiger partial charge in [0.2, 0.25) is 11.1 Å².